The van der Waals surface area contributed by atoms with Crippen LogP contribution in [0.2, 0.25) is 0 Å². The van der Waals surface area contributed by atoms with Crippen molar-refractivity contribution >= 4 is 33.7 Å². The highest BCUT2D eigenvalue weighted by atomic mass is 79.9. The second kappa shape index (κ2) is 11.5. The summed E-state index contributed by atoms with van der Waals surface area (Å²) >= 11 is 3.41. The fourth-order valence-electron chi connectivity index (χ4n) is 3.96. The molecule has 0 spiro atoms. The predicted octanol–water partition coefficient (Wildman–Crippen LogP) is 3.70. The molecule has 1 aromatic carbocycles. The van der Waals surface area contributed by atoms with E-state index in [1.54, 1.807) is 4.90 Å². The number of halogens is 1. The molecule has 6 nitrogen and oxygen atoms in total. The van der Waals surface area contributed by atoms with E-state index < -0.39 is 6.04 Å². The average Bonchev–Trinajstić information content (AvgIpc) is 2.72. The minimum absolute atomic E-state index is 0.00483. The molecular formula is C23H34BrN3O3. The number of likely N-dealkylation sites (tertiary alicyclic amines) is 1. The lowest BCUT2D eigenvalue weighted by molar-refractivity contribution is -0.138. The molecule has 0 aromatic heterocycles. The van der Waals surface area contributed by atoms with Gasteiger partial charge in [-0.05, 0) is 56.7 Å². The predicted molar refractivity (Wildman–Crippen MR) is 122 cm³/mol. The van der Waals surface area contributed by atoms with Crippen LogP contribution in [-0.2, 0) is 9.59 Å². The lowest BCUT2D eigenvalue weighted by Gasteiger charge is -2.37. The van der Waals surface area contributed by atoms with Gasteiger partial charge >= 0.3 is 0 Å². The number of benzene rings is 1. The molecule has 0 radical (unpaired) electrons. The van der Waals surface area contributed by atoms with E-state index in [9.17, 15) is 14.4 Å². The quantitative estimate of drug-likeness (QED) is 0.617. The van der Waals surface area contributed by atoms with E-state index in [1.165, 1.54) is 0 Å². The van der Waals surface area contributed by atoms with Crippen molar-refractivity contribution in [3.05, 3.63) is 34.3 Å². The summed E-state index contributed by atoms with van der Waals surface area (Å²) in [6.07, 6.45) is 1.79. The average molecular weight is 480 g/mol. The summed E-state index contributed by atoms with van der Waals surface area (Å²) in [5.74, 6) is 0.168. The lowest BCUT2D eigenvalue weighted by Crippen LogP contribution is -2.54. The third-order valence-corrected chi connectivity index (χ3v) is 6.11. The Labute approximate surface area is 188 Å². The van der Waals surface area contributed by atoms with Crippen molar-refractivity contribution in [1.82, 2.24) is 15.1 Å². The number of hydrogen-bond acceptors (Lipinski definition) is 3. The number of rotatable bonds is 8. The molecule has 2 rings (SSSR count). The second-order valence-electron chi connectivity index (χ2n) is 8.29. The Kier molecular flexibility index (Phi) is 9.34. The van der Waals surface area contributed by atoms with Crippen molar-refractivity contribution in [3.63, 3.8) is 0 Å². The largest absolute Gasteiger partial charge is 0.344 e. The maximum absolute atomic E-state index is 13.1. The zero-order chi connectivity index (χ0) is 22.3. The van der Waals surface area contributed by atoms with E-state index in [0.717, 1.165) is 4.47 Å². The van der Waals surface area contributed by atoms with E-state index in [2.05, 4.69) is 21.2 Å². The van der Waals surface area contributed by atoms with Crippen molar-refractivity contribution in [3.8, 4) is 0 Å². The van der Waals surface area contributed by atoms with Crippen LogP contribution >= 0.6 is 15.9 Å². The van der Waals surface area contributed by atoms with E-state index in [-0.39, 0.29) is 29.6 Å². The zero-order valence-electron chi connectivity index (χ0n) is 18.5. The van der Waals surface area contributed by atoms with Crippen LogP contribution in [-0.4, -0.2) is 59.7 Å². The summed E-state index contributed by atoms with van der Waals surface area (Å²) in [5.41, 5.74) is 0.656. The van der Waals surface area contributed by atoms with Crippen LogP contribution in [0.15, 0.2) is 28.7 Å². The number of carbonyl (C=O) groups is 3. The number of piperidine rings is 1. The smallest absolute Gasteiger partial charge is 0.253 e. The zero-order valence-corrected chi connectivity index (χ0v) is 20.1. The number of likely N-dealkylation sites (N-methyl/N-ethyl adjacent to an activating group) is 1. The molecule has 3 amide bonds. The third-order valence-electron chi connectivity index (χ3n) is 5.62. The van der Waals surface area contributed by atoms with Crippen molar-refractivity contribution in [2.75, 3.05) is 26.2 Å². The van der Waals surface area contributed by atoms with Crippen LogP contribution < -0.4 is 5.32 Å². The highest BCUT2D eigenvalue weighted by molar-refractivity contribution is 9.10. The topological polar surface area (TPSA) is 69.7 Å². The number of amides is 3. The molecule has 1 atom stereocenters. The maximum atomic E-state index is 13.1. The molecule has 0 aliphatic carbocycles. The molecule has 1 fully saturated rings. The maximum Gasteiger partial charge on any atom is 0.253 e. The molecule has 1 aromatic rings. The van der Waals surface area contributed by atoms with Gasteiger partial charge < -0.3 is 15.1 Å². The van der Waals surface area contributed by atoms with Gasteiger partial charge in [0.15, 0.2) is 0 Å². The summed E-state index contributed by atoms with van der Waals surface area (Å²) in [6, 6.07) is 6.87. The summed E-state index contributed by atoms with van der Waals surface area (Å²) in [6.45, 7) is 10.3. The highest BCUT2D eigenvalue weighted by Crippen LogP contribution is 2.24. The summed E-state index contributed by atoms with van der Waals surface area (Å²) in [5, 5.41) is 3.01. The summed E-state index contributed by atoms with van der Waals surface area (Å²) in [4.78, 5) is 42.0. The first kappa shape index (κ1) is 24.4. The Morgan fingerprint density at radius 1 is 1.17 bits per heavy atom. The van der Waals surface area contributed by atoms with Gasteiger partial charge in [-0.1, -0.05) is 35.8 Å². The van der Waals surface area contributed by atoms with E-state index in [1.807, 2.05) is 56.9 Å². The van der Waals surface area contributed by atoms with Crippen molar-refractivity contribution in [2.24, 2.45) is 11.8 Å². The van der Waals surface area contributed by atoms with Gasteiger partial charge in [0.1, 0.15) is 6.04 Å². The van der Waals surface area contributed by atoms with Gasteiger partial charge in [0.05, 0.1) is 0 Å². The Balaban J connectivity index is 2.08. The normalized spacial score (nSPS) is 15.7. The van der Waals surface area contributed by atoms with Crippen molar-refractivity contribution in [2.45, 2.75) is 53.0 Å². The molecule has 1 saturated heterocycles. The molecular weight excluding hydrogens is 446 g/mol. The first-order valence-corrected chi connectivity index (χ1v) is 11.7. The fourth-order valence-corrected chi connectivity index (χ4v) is 4.36. The van der Waals surface area contributed by atoms with Crippen LogP contribution in [0.25, 0.3) is 0 Å². The molecule has 1 aliphatic rings. The van der Waals surface area contributed by atoms with Gasteiger partial charge in [-0.3, -0.25) is 14.4 Å². The van der Waals surface area contributed by atoms with Gasteiger partial charge in [0, 0.05) is 42.6 Å². The second-order valence-corrected chi connectivity index (χ2v) is 9.21. The Bertz CT molecular complexity index is 741. The molecule has 1 heterocycles. The Hall–Kier alpha value is -1.89. The van der Waals surface area contributed by atoms with Gasteiger partial charge in [-0.2, -0.15) is 0 Å². The summed E-state index contributed by atoms with van der Waals surface area (Å²) < 4.78 is 0.876. The molecule has 7 heteroatoms. The standard InChI is InChI=1S/C23H34BrN3O3/c1-5-26(6-2)23(30)21(25-20(28)14-16(3)4)17-10-12-27(13-11-17)22(29)18-8-7-9-19(24)15-18/h7-9,15-17,21H,5-6,10-14H2,1-4H3,(H,25,28)/t21-/m0/s1. The van der Waals surface area contributed by atoms with Crippen LogP contribution in [0, 0.1) is 11.8 Å². The lowest BCUT2D eigenvalue weighted by atomic mass is 9.87. The van der Waals surface area contributed by atoms with Crippen molar-refractivity contribution in [1.29, 1.82) is 0 Å². The molecule has 1 aliphatic heterocycles. The molecule has 1 N–H and O–H groups in total. The van der Waals surface area contributed by atoms with E-state index >= 15 is 0 Å². The first-order valence-electron chi connectivity index (χ1n) is 10.9. The van der Waals surface area contributed by atoms with E-state index in [0.29, 0.717) is 51.0 Å². The fraction of sp³-hybridized carbons (Fsp3) is 0.609. The Morgan fingerprint density at radius 3 is 2.33 bits per heavy atom. The minimum Gasteiger partial charge on any atom is -0.344 e. The minimum atomic E-state index is -0.528. The highest BCUT2D eigenvalue weighted by Gasteiger charge is 2.35. The molecule has 0 bridgehead atoms. The van der Waals surface area contributed by atoms with Gasteiger partial charge in [0.25, 0.3) is 5.91 Å². The molecule has 0 saturated carbocycles. The van der Waals surface area contributed by atoms with Crippen LogP contribution in [0.1, 0.15) is 57.3 Å². The van der Waals surface area contributed by atoms with Gasteiger partial charge in [-0.15, -0.1) is 0 Å². The SMILES string of the molecule is CCN(CC)C(=O)[C@@H](NC(=O)CC(C)C)C1CCN(C(=O)c2cccc(Br)c2)CC1. The number of nitrogens with zero attached hydrogens (tertiary/aromatic N) is 2. The number of nitrogens with one attached hydrogen (secondary N) is 1. The number of carbonyl (C=O) groups excluding carboxylic acids is 3. The third kappa shape index (κ3) is 6.56. The first-order chi connectivity index (χ1) is 14.3. The summed E-state index contributed by atoms with van der Waals surface area (Å²) in [7, 11) is 0. The molecule has 166 valence electrons. The van der Waals surface area contributed by atoms with Gasteiger partial charge in [0.2, 0.25) is 11.8 Å². The number of hydrogen-bond donors (Lipinski definition) is 1. The van der Waals surface area contributed by atoms with Crippen molar-refractivity contribution < 1.29 is 14.4 Å². The van der Waals surface area contributed by atoms with Crippen LogP contribution in [0.4, 0.5) is 0 Å². The monoisotopic (exact) mass is 479 g/mol. The Morgan fingerprint density at radius 2 is 1.80 bits per heavy atom. The molecule has 30 heavy (non-hydrogen) atoms. The van der Waals surface area contributed by atoms with Crippen LogP contribution in [0.5, 0.6) is 0 Å². The van der Waals surface area contributed by atoms with Gasteiger partial charge in [-0.25, -0.2) is 0 Å². The van der Waals surface area contributed by atoms with E-state index in [4.69, 9.17) is 0 Å². The molecule has 0 unspecified atom stereocenters. The van der Waals surface area contributed by atoms with Crippen LogP contribution in [0.3, 0.4) is 0 Å².